The Hall–Kier alpha value is -5.02. The van der Waals surface area contributed by atoms with Crippen LogP contribution in [0.2, 0.25) is 0 Å². The third-order valence-corrected chi connectivity index (χ3v) is 11.3. The van der Waals surface area contributed by atoms with E-state index in [9.17, 15) is 20.3 Å². The van der Waals surface area contributed by atoms with Gasteiger partial charge in [-0.2, -0.15) is 5.26 Å². The number of unbranched alkanes of at least 4 members (excludes halogenated alkanes) is 2. The van der Waals surface area contributed by atoms with Crippen molar-refractivity contribution in [2.45, 2.75) is 83.1 Å². The minimum absolute atomic E-state index is 0.0867. The van der Waals surface area contributed by atoms with E-state index in [4.69, 9.17) is 24.2 Å². The van der Waals surface area contributed by atoms with Crippen molar-refractivity contribution in [1.82, 2.24) is 9.88 Å². The molecule has 0 saturated heterocycles. The molecule has 6 rings (SSSR count). The third kappa shape index (κ3) is 8.53. The van der Waals surface area contributed by atoms with Crippen molar-refractivity contribution in [3.63, 3.8) is 0 Å². The number of allylic oxidation sites excluding steroid dienone is 1. The summed E-state index contributed by atoms with van der Waals surface area (Å²) in [5.74, 6) is -0.680. The second-order valence-corrected chi connectivity index (χ2v) is 14.9. The van der Waals surface area contributed by atoms with E-state index in [2.05, 4.69) is 29.8 Å². The molecule has 1 saturated carbocycles. The molecule has 1 aromatic heterocycles. The Balaban J connectivity index is 1.53. The Morgan fingerprint density at radius 3 is 2.57 bits per heavy atom. The molecule has 0 radical (unpaired) electrons. The number of oxime groups is 1. The minimum atomic E-state index is -1.36. The predicted molar refractivity (Wildman–Crippen MR) is 213 cm³/mol. The van der Waals surface area contributed by atoms with E-state index < -0.39 is 17.7 Å². The summed E-state index contributed by atoms with van der Waals surface area (Å²) in [4.78, 5) is 26.5. The summed E-state index contributed by atoms with van der Waals surface area (Å²) >= 11 is 0. The first-order chi connectivity index (χ1) is 27.3. The van der Waals surface area contributed by atoms with Gasteiger partial charge in [0.05, 0.1) is 35.6 Å². The molecule has 2 aliphatic carbocycles. The fraction of sp³-hybridized carbons (Fsp3) is 0.467. The average Bonchev–Trinajstić information content (AvgIpc) is 3.22. The van der Waals surface area contributed by atoms with Crippen LogP contribution in [0.3, 0.4) is 0 Å². The van der Waals surface area contributed by atoms with Gasteiger partial charge in [0.15, 0.2) is 0 Å². The summed E-state index contributed by atoms with van der Waals surface area (Å²) in [5.41, 5.74) is 5.32. The average molecular weight is 763 g/mol. The van der Waals surface area contributed by atoms with Crippen molar-refractivity contribution in [2.24, 2.45) is 22.9 Å². The molecule has 296 valence electrons. The standard InChI is InChI=1S/C45H54N4O7/c1-5-24-54-45-41(49(4)44(52)32-18-16-31(28-46)17-19-32)27-39(48-55-6-2)37-25-33(13-7-9-22-50)36(15-8-10-23-51)42(43(37)45)38-26-35(20-21-40(38)56-45)53-29-34-14-11-12-30(3)47-34/h5,11-12,14,16-21,25-26,33,36,41-43,50-51H,1,6-10,13,15,22-24,27,29H2,2-4H3/t33-,36+,41-,42+,43+,45+/m0/s1. The quantitative estimate of drug-likeness (QED) is 0.0776. The van der Waals surface area contributed by atoms with Crippen molar-refractivity contribution in [2.75, 3.05) is 33.5 Å². The lowest BCUT2D eigenvalue weighted by molar-refractivity contribution is -0.252. The van der Waals surface area contributed by atoms with Gasteiger partial charge < -0.3 is 34.2 Å². The van der Waals surface area contributed by atoms with Crippen LogP contribution in [0.4, 0.5) is 0 Å². The van der Waals surface area contributed by atoms with Gasteiger partial charge >= 0.3 is 0 Å². The van der Waals surface area contributed by atoms with E-state index in [1.54, 1.807) is 42.3 Å². The number of aromatic nitrogens is 1. The van der Waals surface area contributed by atoms with Crippen molar-refractivity contribution in [1.29, 1.82) is 5.26 Å². The maximum Gasteiger partial charge on any atom is 0.254 e. The first-order valence-corrected chi connectivity index (χ1v) is 19.8. The van der Waals surface area contributed by atoms with Gasteiger partial charge in [0.25, 0.3) is 5.91 Å². The summed E-state index contributed by atoms with van der Waals surface area (Å²) in [7, 11) is 1.76. The largest absolute Gasteiger partial charge is 0.487 e. The van der Waals surface area contributed by atoms with Crippen LogP contribution in [-0.4, -0.2) is 77.0 Å². The number of hydrogen-bond acceptors (Lipinski definition) is 10. The monoisotopic (exact) mass is 762 g/mol. The molecule has 11 nitrogen and oxygen atoms in total. The summed E-state index contributed by atoms with van der Waals surface area (Å²) in [6.07, 6.45) is 9.02. The number of ether oxygens (including phenoxy) is 3. The van der Waals surface area contributed by atoms with Crippen LogP contribution in [-0.2, 0) is 16.2 Å². The first-order valence-electron chi connectivity index (χ1n) is 19.8. The second kappa shape index (κ2) is 18.7. The topological polar surface area (TPSA) is 147 Å². The SMILES string of the molecule is C=CCO[C@@]12Oc3ccc(OCc4cccc(C)n4)cc3[C@H]3[C@H](CCCCO)[C@@H](CCCCO)C=C(C(=NOCC)C[C@@H]1N(C)C(=O)c1ccc(C#N)cc1)[C@H]32. The zero-order chi connectivity index (χ0) is 39.7. The molecule has 0 unspecified atom stereocenters. The number of amides is 1. The first kappa shape index (κ1) is 40.6. The van der Waals surface area contributed by atoms with Crippen LogP contribution in [0, 0.1) is 36.0 Å². The van der Waals surface area contributed by atoms with Gasteiger partial charge in [-0.3, -0.25) is 9.78 Å². The molecule has 2 aromatic carbocycles. The lowest BCUT2D eigenvalue weighted by Gasteiger charge is -2.59. The van der Waals surface area contributed by atoms with Gasteiger partial charge in [0, 0.05) is 49.4 Å². The maximum atomic E-state index is 14.4. The lowest BCUT2D eigenvalue weighted by Crippen LogP contribution is -2.69. The van der Waals surface area contributed by atoms with Gasteiger partial charge in [-0.15, -0.1) is 6.58 Å². The van der Waals surface area contributed by atoms with Gasteiger partial charge in [-0.25, -0.2) is 0 Å². The van der Waals surface area contributed by atoms with Crippen molar-refractivity contribution in [3.8, 4) is 17.6 Å². The van der Waals surface area contributed by atoms with E-state index >= 15 is 0 Å². The smallest absolute Gasteiger partial charge is 0.254 e. The van der Waals surface area contributed by atoms with Crippen LogP contribution in [0.15, 0.2) is 90.1 Å². The second-order valence-electron chi connectivity index (χ2n) is 14.9. The molecular weight excluding hydrogens is 709 g/mol. The van der Waals surface area contributed by atoms with E-state index in [-0.39, 0.29) is 43.5 Å². The number of aryl methyl sites for hydroxylation is 1. The molecule has 1 amide bonds. The Bertz CT molecular complexity index is 1940. The van der Waals surface area contributed by atoms with Crippen molar-refractivity contribution < 1.29 is 34.1 Å². The number of aliphatic hydroxyl groups is 2. The Labute approximate surface area is 330 Å². The molecule has 56 heavy (non-hydrogen) atoms. The molecule has 6 atom stereocenters. The van der Waals surface area contributed by atoms with Crippen molar-refractivity contribution >= 4 is 11.6 Å². The summed E-state index contributed by atoms with van der Waals surface area (Å²) < 4.78 is 20.6. The number of pyridine rings is 1. The Morgan fingerprint density at radius 1 is 1.11 bits per heavy atom. The molecule has 1 aliphatic heterocycles. The van der Waals surface area contributed by atoms with E-state index in [0.29, 0.717) is 55.1 Å². The number of benzene rings is 2. The summed E-state index contributed by atoms with van der Waals surface area (Å²) in [6.45, 7) is 8.89. The van der Waals surface area contributed by atoms with E-state index in [1.807, 2.05) is 44.2 Å². The highest BCUT2D eigenvalue weighted by atomic mass is 16.7. The number of carbonyl (C=O) groups is 1. The summed E-state index contributed by atoms with van der Waals surface area (Å²) in [6, 6.07) is 19.9. The number of carbonyl (C=O) groups excluding carboxylic acids is 1. The molecule has 3 aliphatic rings. The molecule has 2 heterocycles. The van der Waals surface area contributed by atoms with Crippen LogP contribution in [0.25, 0.3) is 0 Å². The molecule has 2 N–H and O–H groups in total. The Kier molecular flexibility index (Phi) is 13.6. The number of nitriles is 1. The van der Waals surface area contributed by atoms with Gasteiger partial charge in [0.2, 0.25) is 5.79 Å². The molecule has 0 spiro atoms. The van der Waals surface area contributed by atoms with Gasteiger partial charge in [-0.1, -0.05) is 36.2 Å². The third-order valence-electron chi connectivity index (χ3n) is 11.3. The van der Waals surface area contributed by atoms with Crippen LogP contribution in [0.1, 0.15) is 90.7 Å². The molecule has 1 fully saturated rings. The van der Waals surface area contributed by atoms with E-state index in [0.717, 1.165) is 53.9 Å². The number of nitrogens with zero attached hydrogens (tertiary/aromatic N) is 4. The number of aliphatic hydroxyl groups excluding tert-OH is 2. The number of fused-ring (bicyclic) bond motifs is 2. The van der Waals surface area contributed by atoms with Gasteiger partial charge in [0.1, 0.15) is 30.8 Å². The van der Waals surface area contributed by atoms with Gasteiger partial charge in [-0.05, 0) is 112 Å². The molecule has 0 bridgehead atoms. The zero-order valence-electron chi connectivity index (χ0n) is 32.7. The molecular formula is C45H54N4O7. The van der Waals surface area contributed by atoms with Crippen LogP contribution >= 0.6 is 0 Å². The maximum absolute atomic E-state index is 14.4. The predicted octanol–water partition coefficient (Wildman–Crippen LogP) is 7.27. The highest BCUT2D eigenvalue weighted by molar-refractivity contribution is 6.03. The number of rotatable bonds is 18. The van der Waals surface area contributed by atoms with Crippen molar-refractivity contribution in [3.05, 3.63) is 113 Å². The fourth-order valence-electron chi connectivity index (χ4n) is 8.83. The van der Waals surface area contributed by atoms with E-state index in [1.165, 1.54) is 0 Å². The van der Waals surface area contributed by atoms with Crippen LogP contribution in [0.5, 0.6) is 11.5 Å². The molecule has 3 aromatic rings. The lowest BCUT2D eigenvalue weighted by atomic mass is 9.55. The normalized spacial score (nSPS) is 24.2. The van der Waals surface area contributed by atoms with Crippen LogP contribution < -0.4 is 9.47 Å². The highest BCUT2D eigenvalue weighted by Gasteiger charge is 2.65. The highest BCUT2D eigenvalue weighted by Crippen LogP contribution is 2.61. The fourth-order valence-corrected chi connectivity index (χ4v) is 8.83. The minimum Gasteiger partial charge on any atom is -0.487 e. The number of hydrogen-bond donors (Lipinski definition) is 2. The zero-order valence-corrected chi connectivity index (χ0v) is 32.7. The Morgan fingerprint density at radius 2 is 1.88 bits per heavy atom. The molecule has 11 heteroatoms. The number of likely N-dealkylation sites (N-methyl/N-ethyl adjacent to an activating group) is 1. The summed E-state index contributed by atoms with van der Waals surface area (Å²) in [5, 5.41) is 33.8.